The molecule has 6 nitrogen and oxygen atoms in total. The number of hydrogen-bond acceptors (Lipinski definition) is 3. The fraction of sp³-hybridized carbons (Fsp3) is 0.696. The SMILES string of the molecule is CCCCCCCCCCCCCCCCNC(=O)NNC(=O)c1ccncc1. The minimum Gasteiger partial charge on any atom is -0.337 e. The first kappa shape index (κ1) is 24.9. The van der Waals surface area contributed by atoms with Gasteiger partial charge in [0.2, 0.25) is 0 Å². The molecule has 0 aromatic carbocycles. The number of aromatic nitrogens is 1. The van der Waals surface area contributed by atoms with E-state index in [0.29, 0.717) is 12.1 Å². The van der Waals surface area contributed by atoms with Gasteiger partial charge in [-0.1, -0.05) is 90.4 Å². The van der Waals surface area contributed by atoms with E-state index in [1.54, 1.807) is 12.1 Å². The average Bonchev–Trinajstić information content (AvgIpc) is 2.75. The maximum atomic E-state index is 11.8. The van der Waals surface area contributed by atoms with Crippen molar-refractivity contribution in [3.05, 3.63) is 30.1 Å². The summed E-state index contributed by atoms with van der Waals surface area (Å²) in [7, 11) is 0. The summed E-state index contributed by atoms with van der Waals surface area (Å²) in [5.74, 6) is -0.362. The Morgan fingerprint density at radius 3 is 1.72 bits per heavy atom. The van der Waals surface area contributed by atoms with Gasteiger partial charge in [-0.2, -0.15) is 0 Å². The molecule has 164 valence electrons. The highest BCUT2D eigenvalue weighted by molar-refractivity contribution is 5.95. The number of rotatable bonds is 16. The van der Waals surface area contributed by atoms with E-state index in [1.165, 1.54) is 89.4 Å². The molecule has 1 heterocycles. The second kappa shape index (κ2) is 18.0. The summed E-state index contributed by atoms with van der Waals surface area (Å²) in [6, 6.07) is 2.79. The van der Waals surface area contributed by atoms with Crippen LogP contribution in [0.2, 0.25) is 0 Å². The quantitative estimate of drug-likeness (QED) is 0.251. The summed E-state index contributed by atoms with van der Waals surface area (Å²) in [5, 5.41) is 2.76. The number of carbonyl (C=O) groups is 2. The van der Waals surface area contributed by atoms with Crippen LogP contribution < -0.4 is 16.2 Å². The monoisotopic (exact) mass is 404 g/mol. The van der Waals surface area contributed by atoms with Gasteiger partial charge in [-0.25, -0.2) is 10.2 Å². The van der Waals surface area contributed by atoms with Crippen molar-refractivity contribution in [3.8, 4) is 0 Å². The average molecular weight is 405 g/mol. The molecule has 0 spiro atoms. The lowest BCUT2D eigenvalue weighted by Crippen LogP contribution is -2.47. The van der Waals surface area contributed by atoms with Crippen molar-refractivity contribution >= 4 is 11.9 Å². The van der Waals surface area contributed by atoms with Gasteiger partial charge in [-0.3, -0.25) is 15.2 Å². The third-order valence-electron chi connectivity index (χ3n) is 5.05. The molecule has 0 saturated heterocycles. The van der Waals surface area contributed by atoms with Gasteiger partial charge >= 0.3 is 6.03 Å². The third kappa shape index (κ3) is 14.5. The number of nitrogens with zero attached hydrogens (tertiary/aromatic N) is 1. The van der Waals surface area contributed by atoms with Gasteiger partial charge < -0.3 is 5.32 Å². The number of pyridine rings is 1. The van der Waals surface area contributed by atoms with Crippen LogP contribution in [0.3, 0.4) is 0 Å². The first-order chi connectivity index (χ1) is 14.2. The largest absolute Gasteiger partial charge is 0.337 e. The van der Waals surface area contributed by atoms with Crippen LogP contribution in [0.25, 0.3) is 0 Å². The normalized spacial score (nSPS) is 10.5. The molecule has 0 saturated carbocycles. The predicted molar refractivity (Wildman–Crippen MR) is 119 cm³/mol. The van der Waals surface area contributed by atoms with Crippen molar-refractivity contribution in [2.45, 2.75) is 96.8 Å². The Kier molecular flexibility index (Phi) is 15.4. The highest BCUT2D eigenvalue weighted by atomic mass is 16.2. The Morgan fingerprint density at radius 1 is 0.724 bits per heavy atom. The maximum absolute atomic E-state index is 11.8. The van der Waals surface area contributed by atoms with Gasteiger partial charge in [0.15, 0.2) is 0 Å². The van der Waals surface area contributed by atoms with Crippen molar-refractivity contribution in [3.63, 3.8) is 0 Å². The maximum Gasteiger partial charge on any atom is 0.333 e. The molecule has 0 fully saturated rings. The second-order valence-corrected chi connectivity index (χ2v) is 7.67. The molecule has 0 radical (unpaired) electrons. The second-order valence-electron chi connectivity index (χ2n) is 7.67. The van der Waals surface area contributed by atoms with Gasteiger partial charge in [-0.15, -0.1) is 0 Å². The van der Waals surface area contributed by atoms with Crippen LogP contribution in [-0.4, -0.2) is 23.5 Å². The molecule has 0 aliphatic heterocycles. The van der Waals surface area contributed by atoms with Crippen molar-refractivity contribution in [1.29, 1.82) is 0 Å². The summed E-state index contributed by atoms with van der Waals surface area (Å²) in [6.07, 6.45) is 21.5. The molecule has 0 aliphatic carbocycles. The zero-order chi connectivity index (χ0) is 21.0. The number of amides is 3. The third-order valence-corrected chi connectivity index (χ3v) is 5.05. The molecule has 0 aliphatic rings. The van der Waals surface area contributed by atoms with Crippen LogP contribution in [0.1, 0.15) is 107 Å². The molecular formula is C23H40N4O2. The summed E-state index contributed by atoms with van der Waals surface area (Å²) >= 11 is 0. The van der Waals surface area contributed by atoms with E-state index in [0.717, 1.165) is 12.8 Å². The number of hydrazine groups is 1. The van der Waals surface area contributed by atoms with E-state index in [4.69, 9.17) is 0 Å². The van der Waals surface area contributed by atoms with E-state index in [1.807, 2.05) is 0 Å². The Hall–Kier alpha value is -2.11. The molecule has 1 aromatic heterocycles. The summed E-state index contributed by atoms with van der Waals surface area (Å²) in [4.78, 5) is 27.3. The number of unbranched alkanes of at least 4 members (excludes halogenated alkanes) is 13. The van der Waals surface area contributed by atoms with Gasteiger partial charge in [0.1, 0.15) is 0 Å². The van der Waals surface area contributed by atoms with Crippen molar-refractivity contribution < 1.29 is 9.59 Å². The smallest absolute Gasteiger partial charge is 0.333 e. The van der Waals surface area contributed by atoms with E-state index in [2.05, 4.69) is 28.1 Å². The number of nitrogens with one attached hydrogen (secondary N) is 3. The van der Waals surface area contributed by atoms with E-state index >= 15 is 0 Å². The fourth-order valence-corrected chi connectivity index (χ4v) is 3.25. The first-order valence-electron chi connectivity index (χ1n) is 11.5. The van der Waals surface area contributed by atoms with Crippen LogP contribution in [-0.2, 0) is 0 Å². The lowest BCUT2D eigenvalue weighted by molar-refractivity contribution is 0.0936. The lowest BCUT2D eigenvalue weighted by atomic mass is 10.0. The lowest BCUT2D eigenvalue weighted by Gasteiger charge is -2.09. The van der Waals surface area contributed by atoms with Crippen LogP contribution in [0.5, 0.6) is 0 Å². The molecule has 0 bridgehead atoms. The summed E-state index contributed by atoms with van der Waals surface area (Å²) in [6.45, 7) is 2.88. The van der Waals surface area contributed by atoms with Crippen LogP contribution in [0.4, 0.5) is 4.79 Å². The Morgan fingerprint density at radius 2 is 1.21 bits per heavy atom. The van der Waals surface area contributed by atoms with E-state index < -0.39 is 0 Å². The molecular weight excluding hydrogens is 364 g/mol. The molecule has 1 aromatic rings. The Bertz CT molecular complexity index is 537. The predicted octanol–water partition coefficient (Wildman–Crippen LogP) is 5.51. The van der Waals surface area contributed by atoms with Gasteiger partial charge in [0.05, 0.1) is 0 Å². The zero-order valence-electron chi connectivity index (χ0n) is 18.2. The molecule has 0 unspecified atom stereocenters. The molecule has 29 heavy (non-hydrogen) atoms. The highest BCUT2D eigenvalue weighted by Gasteiger charge is 2.05. The zero-order valence-corrected chi connectivity index (χ0v) is 18.2. The minimum atomic E-state index is -0.387. The molecule has 3 amide bonds. The van der Waals surface area contributed by atoms with Gasteiger partial charge in [0, 0.05) is 24.5 Å². The van der Waals surface area contributed by atoms with Crippen molar-refractivity contribution in [2.24, 2.45) is 0 Å². The molecule has 6 heteroatoms. The first-order valence-corrected chi connectivity index (χ1v) is 11.5. The Balaban J connectivity index is 1.82. The fourth-order valence-electron chi connectivity index (χ4n) is 3.25. The van der Waals surface area contributed by atoms with E-state index in [9.17, 15) is 9.59 Å². The molecule has 3 N–H and O–H groups in total. The van der Waals surface area contributed by atoms with Crippen molar-refractivity contribution in [2.75, 3.05) is 6.54 Å². The van der Waals surface area contributed by atoms with Crippen LogP contribution >= 0.6 is 0 Å². The number of hydrogen-bond donors (Lipinski definition) is 3. The topological polar surface area (TPSA) is 83.1 Å². The van der Waals surface area contributed by atoms with Gasteiger partial charge in [-0.05, 0) is 18.6 Å². The number of urea groups is 1. The number of carbonyl (C=O) groups excluding carboxylic acids is 2. The van der Waals surface area contributed by atoms with Gasteiger partial charge in [0.25, 0.3) is 5.91 Å². The minimum absolute atomic E-state index is 0.362. The van der Waals surface area contributed by atoms with Crippen LogP contribution in [0, 0.1) is 0 Å². The standard InChI is InChI=1S/C23H40N4O2/c1-2-3-4-5-6-7-8-9-10-11-12-13-14-15-18-25-23(29)27-26-22(28)21-16-19-24-20-17-21/h16-17,19-20H,2-15,18H2,1H3,(H,26,28)(H2,25,27,29). The molecule has 1 rings (SSSR count). The van der Waals surface area contributed by atoms with E-state index in [-0.39, 0.29) is 11.9 Å². The molecule has 0 atom stereocenters. The summed E-state index contributed by atoms with van der Waals surface area (Å²) in [5.41, 5.74) is 5.18. The highest BCUT2D eigenvalue weighted by Crippen LogP contribution is 2.12. The van der Waals surface area contributed by atoms with Crippen LogP contribution in [0.15, 0.2) is 24.5 Å². The summed E-state index contributed by atoms with van der Waals surface area (Å²) < 4.78 is 0. The Labute approximate surface area is 176 Å². The van der Waals surface area contributed by atoms with Crippen molar-refractivity contribution in [1.82, 2.24) is 21.2 Å².